The zero-order valence-electron chi connectivity index (χ0n) is 10.7. The molecule has 1 aromatic heterocycles. The number of nitrogens with one attached hydrogen (secondary N) is 1. The fourth-order valence-corrected chi connectivity index (χ4v) is 1.50. The van der Waals surface area contributed by atoms with E-state index >= 15 is 0 Å². The SMILES string of the molecule is COC(=O)CCCCCNC(=O)c1ccc(Cl)nn1. The maximum Gasteiger partial charge on any atom is 0.305 e. The maximum absolute atomic E-state index is 11.6. The molecule has 0 aliphatic carbocycles. The van der Waals surface area contributed by atoms with Gasteiger partial charge in [0.05, 0.1) is 7.11 Å². The molecule has 0 spiro atoms. The minimum atomic E-state index is -0.280. The Morgan fingerprint density at radius 1 is 1.26 bits per heavy atom. The summed E-state index contributed by atoms with van der Waals surface area (Å²) in [5, 5.41) is 10.2. The number of rotatable bonds is 7. The Morgan fingerprint density at radius 2 is 2.05 bits per heavy atom. The number of hydrogen-bond acceptors (Lipinski definition) is 5. The van der Waals surface area contributed by atoms with Gasteiger partial charge in [-0.25, -0.2) is 0 Å². The summed E-state index contributed by atoms with van der Waals surface area (Å²) in [5.41, 5.74) is 0.235. The Kier molecular flexibility index (Phi) is 6.81. The van der Waals surface area contributed by atoms with Crippen molar-refractivity contribution in [1.82, 2.24) is 15.5 Å². The molecule has 104 valence electrons. The van der Waals surface area contributed by atoms with Crippen LogP contribution in [0.15, 0.2) is 12.1 Å². The van der Waals surface area contributed by atoms with E-state index in [-0.39, 0.29) is 22.7 Å². The standard InChI is InChI=1S/C12H16ClN3O3/c1-19-11(17)5-3-2-4-8-14-12(18)9-6-7-10(13)16-15-9/h6-7H,2-5,8H2,1H3,(H,14,18). The van der Waals surface area contributed by atoms with E-state index in [0.717, 1.165) is 19.3 Å². The molecule has 1 aromatic rings. The van der Waals surface area contributed by atoms with Crippen LogP contribution in [0.1, 0.15) is 36.2 Å². The van der Waals surface area contributed by atoms with Crippen molar-refractivity contribution in [3.8, 4) is 0 Å². The number of unbranched alkanes of at least 4 members (excludes halogenated alkanes) is 2. The van der Waals surface area contributed by atoms with E-state index in [1.54, 1.807) is 0 Å². The van der Waals surface area contributed by atoms with E-state index in [2.05, 4.69) is 20.3 Å². The largest absolute Gasteiger partial charge is 0.469 e. The molecule has 0 fully saturated rings. The van der Waals surface area contributed by atoms with Gasteiger partial charge in [0.1, 0.15) is 0 Å². The average molecular weight is 286 g/mol. The van der Waals surface area contributed by atoms with Crippen LogP contribution in [0, 0.1) is 0 Å². The van der Waals surface area contributed by atoms with Crippen LogP contribution in [-0.2, 0) is 9.53 Å². The molecule has 0 atom stereocenters. The summed E-state index contributed by atoms with van der Waals surface area (Å²) >= 11 is 5.57. The topological polar surface area (TPSA) is 81.2 Å². The monoisotopic (exact) mass is 285 g/mol. The molecule has 0 aromatic carbocycles. The van der Waals surface area contributed by atoms with Gasteiger partial charge in [-0.05, 0) is 25.0 Å². The van der Waals surface area contributed by atoms with Gasteiger partial charge in [0, 0.05) is 13.0 Å². The minimum Gasteiger partial charge on any atom is -0.469 e. The van der Waals surface area contributed by atoms with Crippen molar-refractivity contribution in [1.29, 1.82) is 0 Å². The molecule has 1 amide bonds. The van der Waals surface area contributed by atoms with Crippen molar-refractivity contribution >= 4 is 23.5 Å². The van der Waals surface area contributed by atoms with Crippen molar-refractivity contribution in [2.24, 2.45) is 0 Å². The fourth-order valence-electron chi connectivity index (χ4n) is 1.40. The van der Waals surface area contributed by atoms with E-state index in [4.69, 9.17) is 11.6 Å². The van der Waals surface area contributed by atoms with Crippen LogP contribution in [0.5, 0.6) is 0 Å². The predicted octanol–water partition coefficient (Wildman–Crippen LogP) is 1.59. The molecule has 0 aliphatic heterocycles. The van der Waals surface area contributed by atoms with E-state index in [9.17, 15) is 9.59 Å². The first-order valence-electron chi connectivity index (χ1n) is 5.97. The summed E-state index contributed by atoms with van der Waals surface area (Å²) in [6.45, 7) is 0.532. The maximum atomic E-state index is 11.6. The van der Waals surface area contributed by atoms with E-state index < -0.39 is 0 Å². The van der Waals surface area contributed by atoms with Gasteiger partial charge in [-0.15, -0.1) is 10.2 Å². The van der Waals surface area contributed by atoms with Crippen LogP contribution >= 0.6 is 11.6 Å². The van der Waals surface area contributed by atoms with Crippen molar-refractivity contribution in [3.63, 3.8) is 0 Å². The zero-order chi connectivity index (χ0) is 14.1. The van der Waals surface area contributed by atoms with Crippen molar-refractivity contribution in [2.45, 2.75) is 25.7 Å². The van der Waals surface area contributed by atoms with Gasteiger partial charge in [-0.3, -0.25) is 9.59 Å². The average Bonchev–Trinajstić information content (AvgIpc) is 2.42. The van der Waals surface area contributed by atoms with Crippen molar-refractivity contribution in [2.75, 3.05) is 13.7 Å². The molecule has 0 saturated heterocycles. The fraction of sp³-hybridized carbons (Fsp3) is 0.500. The summed E-state index contributed by atoms with van der Waals surface area (Å²) in [4.78, 5) is 22.5. The summed E-state index contributed by atoms with van der Waals surface area (Å²) in [6.07, 6.45) is 2.81. The van der Waals surface area contributed by atoms with Crippen LogP contribution in [0.25, 0.3) is 0 Å². The molecule has 1 rings (SSSR count). The molecule has 1 N–H and O–H groups in total. The number of hydrogen-bond donors (Lipinski definition) is 1. The number of methoxy groups -OCH3 is 1. The quantitative estimate of drug-likeness (QED) is 0.608. The molecule has 0 bridgehead atoms. The first-order valence-corrected chi connectivity index (χ1v) is 6.35. The summed E-state index contributed by atoms with van der Waals surface area (Å²) in [6, 6.07) is 3.03. The molecule has 0 radical (unpaired) electrons. The number of aromatic nitrogens is 2. The van der Waals surface area contributed by atoms with Crippen LogP contribution < -0.4 is 5.32 Å². The molecule has 0 aliphatic rings. The van der Waals surface area contributed by atoms with Crippen LogP contribution in [0.4, 0.5) is 0 Å². The van der Waals surface area contributed by atoms with Gasteiger partial charge in [-0.2, -0.15) is 0 Å². The number of halogens is 1. The number of ether oxygens (including phenoxy) is 1. The van der Waals surface area contributed by atoms with Gasteiger partial charge in [0.25, 0.3) is 5.91 Å². The number of carbonyl (C=O) groups is 2. The predicted molar refractivity (Wildman–Crippen MR) is 69.9 cm³/mol. The molecule has 0 unspecified atom stereocenters. The minimum absolute atomic E-state index is 0.208. The second-order valence-corrected chi connectivity index (χ2v) is 4.27. The number of esters is 1. The highest BCUT2D eigenvalue weighted by Gasteiger charge is 2.06. The molecular formula is C12H16ClN3O3. The highest BCUT2D eigenvalue weighted by molar-refractivity contribution is 6.29. The number of carbonyl (C=O) groups excluding carboxylic acids is 2. The van der Waals surface area contributed by atoms with Gasteiger partial charge in [0.15, 0.2) is 10.8 Å². The van der Waals surface area contributed by atoms with Gasteiger partial charge in [-0.1, -0.05) is 18.0 Å². The molecule has 1 heterocycles. The lowest BCUT2D eigenvalue weighted by atomic mass is 10.2. The lowest BCUT2D eigenvalue weighted by Crippen LogP contribution is -2.25. The molecule has 0 saturated carbocycles. The molecule has 19 heavy (non-hydrogen) atoms. The zero-order valence-corrected chi connectivity index (χ0v) is 11.4. The second kappa shape index (κ2) is 8.42. The first-order chi connectivity index (χ1) is 9.13. The van der Waals surface area contributed by atoms with E-state index in [1.807, 2.05) is 0 Å². The summed E-state index contributed by atoms with van der Waals surface area (Å²) in [7, 11) is 1.37. The Morgan fingerprint density at radius 3 is 2.68 bits per heavy atom. The summed E-state index contributed by atoms with van der Waals surface area (Å²) < 4.78 is 4.53. The first kappa shape index (κ1) is 15.4. The van der Waals surface area contributed by atoms with E-state index in [0.29, 0.717) is 13.0 Å². The Labute approximate surface area is 116 Å². The Balaban J connectivity index is 2.14. The molecular weight excluding hydrogens is 270 g/mol. The number of amides is 1. The third-order valence-corrected chi connectivity index (χ3v) is 2.64. The van der Waals surface area contributed by atoms with Crippen molar-refractivity contribution < 1.29 is 14.3 Å². The lowest BCUT2D eigenvalue weighted by Gasteiger charge is -2.04. The second-order valence-electron chi connectivity index (χ2n) is 3.88. The van der Waals surface area contributed by atoms with Crippen LogP contribution in [-0.4, -0.2) is 35.7 Å². The third-order valence-electron chi connectivity index (χ3n) is 2.44. The highest BCUT2D eigenvalue weighted by Crippen LogP contribution is 2.03. The van der Waals surface area contributed by atoms with Crippen LogP contribution in [0.3, 0.4) is 0 Å². The van der Waals surface area contributed by atoms with Gasteiger partial charge < -0.3 is 10.1 Å². The van der Waals surface area contributed by atoms with Gasteiger partial charge in [0.2, 0.25) is 0 Å². The highest BCUT2D eigenvalue weighted by atomic mass is 35.5. The smallest absolute Gasteiger partial charge is 0.305 e. The third kappa shape index (κ3) is 6.15. The summed E-state index contributed by atoms with van der Waals surface area (Å²) in [5.74, 6) is -0.488. The lowest BCUT2D eigenvalue weighted by molar-refractivity contribution is -0.140. The Hall–Kier alpha value is -1.69. The Bertz CT molecular complexity index is 423. The van der Waals surface area contributed by atoms with Crippen LogP contribution in [0.2, 0.25) is 5.15 Å². The van der Waals surface area contributed by atoms with Gasteiger partial charge >= 0.3 is 5.97 Å². The number of nitrogens with zero attached hydrogens (tertiary/aromatic N) is 2. The van der Waals surface area contributed by atoms with Crippen molar-refractivity contribution in [3.05, 3.63) is 23.0 Å². The normalized spacial score (nSPS) is 10.0. The van der Waals surface area contributed by atoms with E-state index in [1.165, 1.54) is 19.2 Å². The molecule has 7 heteroatoms. The molecule has 6 nitrogen and oxygen atoms in total.